The Bertz CT molecular complexity index is 555. The summed E-state index contributed by atoms with van der Waals surface area (Å²) in [5.41, 5.74) is 1.44. The Hall–Kier alpha value is -1.85. The molecule has 0 heterocycles. The molecule has 0 fully saturated rings. The van der Waals surface area contributed by atoms with Crippen molar-refractivity contribution in [1.29, 1.82) is 0 Å². The van der Waals surface area contributed by atoms with Crippen LogP contribution in [0.3, 0.4) is 0 Å². The Morgan fingerprint density at radius 2 is 1.75 bits per heavy atom. The zero-order valence-electron chi connectivity index (χ0n) is 11.2. The van der Waals surface area contributed by atoms with Crippen molar-refractivity contribution in [3.8, 4) is 11.5 Å². The maximum absolute atomic E-state index is 10.3. The molecule has 0 aliphatic heterocycles. The molecule has 1 unspecified atom stereocenters. The lowest BCUT2D eigenvalue weighted by Gasteiger charge is -2.06. The van der Waals surface area contributed by atoms with E-state index in [9.17, 15) is 8.76 Å². The molecule has 0 saturated heterocycles. The first kappa shape index (κ1) is 16.2. The van der Waals surface area contributed by atoms with Crippen molar-refractivity contribution < 1.29 is 19.0 Å². The van der Waals surface area contributed by atoms with Crippen molar-refractivity contribution in [2.24, 2.45) is 0 Å². The third kappa shape index (κ3) is 5.42. The smallest absolute Gasteiger partial charge is 0.134 e. The first-order valence-corrected chi connectivity index (χ1v) is 7.27. The first-order chi connectivity index (χ1) is 9.54. The van der Waals surface area contributed by atoms with Gasteiger partial charge in [0.2, 0.25) is 0 Å². The van der Waals surface area contributed by atoms with Crippen LogP contribution in [0.1, 0.15) is 18.9 Å². The van der Waals surface area contributed by atoms with Crippen LogP contribution in [0.4, 0.5) is 0 Å². The molecular weight excluding hydrogens is 276 g/mol. The highest BCUT2D eigenvalue weighted by Crippen LogP contribution is 2.24. The SMILES string of the molecule is CCCc1ccccc1.O=S([O-])c1ccc(O)cc1O. The van der Waals surface area contributed by atoms with Crippen LogP contribution >= 0.6 is 0 Å². The molecular formula is C15H17O4S-. The van der Waals surface area contributed by atoms with Gasteiger partial charge in [-0.2, -0.15) is 0 Å². The lowest BCUT2D eigenvalue weighted by atomic mass is 10.1. The van der Waals surface area contributed by atoms with Gasteiger partial charge in [-0.1, -0.05) is 43.7 Å². The third-order valence-corrected chi connectivity index (χ3v) is 3.21. The van der Waals surface area contributed by atoms with Gasteiger partial charge in [0.05, 0.1) is 4.90 Å². The van der Waals surface area contributed by atoms with Gasteiger partial charge in [-0.25, -0.2) is 0 Å². The van der Waals surface area contributed by atoms with E-state index in [2.05, 4.69) is 37.3 Å². The number of hydrogen-bond donors (Lipinski definition) is 2. The van der Waals surface area contributed by atoms with Gasteiger partial charge in [-0.15, -0.1) is 0 Å². The average molecular weight is 293 g/mol. The van der Waals surface area contributed by atoms with Gasteiger partial charge in [-0.05, 0) is 35.2 Å². The van der Waals surface area contributed by atoms with E-state index in [0.29, 0.717) is 0 Å². The summed E-state index contributed by atoms with van der Waals surface area (Å²) >= 11 is -2.46. The van der Waals surface area contributed by atoms with Crippen LogP contribution < -0.4 is 0 Å². The van der Waals surface area contributed by atoms with Crippen molar-refractivity contribution >= 4 is 11.1 Å². The molecule has 0 aliphatic rings. The van der Waals surface area contributed by atoms with E-state index in [4.69, 9.17) is 10.2 Å². The minimum absolute atomic E-state index is 0.170. The Morgan fingerprint density at radius 3 is 2.25 bits per heavy atom. The van der Waals surface area contributed by atoms with Crippen LogP contribution in [0.15, 0.2) is 53.4 Å². The van der Waals surface area contributed by atoms with Crippen molar-refractivity contribution in [2.45, 2.75) is 24.7 Å². The van der Waals surface area contributed by atoms with Gasteiger partial charge >= 0.3 is 0 Å². The van der Waals surface area contributed by atoms with Crippen molar-refractivity contribution in [3.63, 3.8) is 0 Å². The highest BCUT2D eigenvalue weighted by atomic mass is 32.2. The third-order valence-electron chi connectivity index (χ3n) is 2.50. The lowest BCUT2D eigenvalue weighted by molar-refractivity contribution is 0.437. The second-order valence-corrected chi connectivity index (χ2v) is 5.03. The molecule has 2 aromatic rings. The van der Waals surface area contributed by atoms with E-state index in [1.807, 2.05) is 0 Å². The molecule has 2 N–H and O–H groups in total. The number of phenolic OH excluding ortho intramolecular Hbond substituents is 2. The Balaban J connectivity index is 0.000000204. The first-order valence-electron chi connectivity index (χ1n) is 6.19. The molecule has 0 aromatic heterocycles. The zero-order valence-corrected chi connectivity index (χ0v) is 12.0. The fraction of sp³-hybridized carbons (Fsp3) is 0.200. The molecule has 20 heavy (non-hydrogen) atoms. The Morgan fingerprint density at radius 1 is 1.10 bits per heavy atom. The lowest BCUT2D eigenvalue weighted by Crippen LogP contribution is -1.88. The molecule has 0 saturated carbocycles. The van der Waals surface area contributed by atoms with Gasteiger partial charge in [0.25, 0.3) is 0 Å². The minimum Gasteiger partial charge on any atom is -0.768 e. The number of aryl methyl sites for hydroxylation is 1. The molecule has 0 radical (unpaired) electrons. The maximum Gasteiger partial charge on any atom is 0.134 e. The van der Waals surface area contributed by atoms with E-state index < -0.39 is 16.8 Å². The van der Waals surface area contributed by atoms with E-state index in [0.717, 1.165) is 12.1 Å². The molecule has 0 bridgehead atoms. The number of benzene rings is 2. The topological polar surface area (TPSA) is 80.6 Å². The van der Waals surface area contributed by atoms with E-state index in [1.54, 1.807) is 0 Å². The van der Waals surface area contributed by atoms with Crippen LogP contribution in [0.5, 0.6) is 11.5 Å². The second kappa shape index (κ2) is 8.35. The summed E-state index contributed by atoms with van der Waals surface area (Å²) in [5.74, 6) is -0.616. The highest BCUT2D eigenvalue weighted by Gasteiger charge is 2.00. The zero-order chi connectivity index (χ0) is 15.0. The number of aromatic hydroxyl groups is 2. The fourth-order valence-corrected chi connectivity index (χ4v) is 1.99. The predicted octanol–water partition coefficient (Wildman–Crippen LogP) is 2.97. The quantitative estimate of drug-likeness (QED) is 0.852. The Kier molecular flexibility index (Phi) is 6.76. The number of rotatable bonds is 3. The summed E-state index contributed by atoms with van der Waals surface area (Å²) in [6.45, 7) is 2.20. The largest absolute Gasteiger partial charge is 0.768 e. The summed E-state index contributed by atoms with van der Waals surface area (Å²) in [6.07, 6.45) is 2.45. The standard InChI is InChI=1S/C9H12.C6H6O4S/c1-2-6-9-7-4-3-5-8-9;7-4-1-2-6(11(9)10)5(8)3-4/h3-5,7-8H,2,6H2,1H3;1-3,7-8H,(H,9,10)/p-1. The van der Waals surface area contributed by atoms with Crippen LogP contribution in [0, 0.1) is 0 Å². The summed E-state index contributed by atoms with van der Waals surface area (Å²) < 4.78 is 20.6. The van der Waals surface area contributed by atoms with E-state index in [1.165, 1.54) is 24.5 Å². The summed E-state index contributed by atoms with van der Waals surface area (Å²) in [6, 6.07) is 13.8. The van der Waals surface area contributed by atoms with Crippen LogP contribution in [0.25, 0.3) is 0 Å². The van der Waals surface area contributed by atoms with Crippen LogP contribution in [-0.4, -0.2) is 19.0 Å². The van der Waals surface area contributed by atoms with Gasteiger partial charge in [0.15, 0.2) is 0 Å². The molecule has 108 valence electrons. The minimum atomic E-state index is -2.46. The summed E-state index contributed by atoms with van der Waals surface area (Å²) in [7, 11) is 0. The Labute approximate surface area is 121 Å². The molecule has 5 heteroatoms. The van der Waals surface area contributed by atoms with Gasteiger partial charge < -0.3 is 14.8 Å². The molecule has 1 atom stereocenters. The maximum atomic E-state index is 10.3. The van der Waals surface area contributed by atoms with E-state index >= 15 is 0 Å². The molecule has 2 rings (SSSR count). The average Bonchev–Trinajstić information content (AvgIpc) is 2.40. The van der Waals surface area contributed by atoms with E-state index in [-0.39, 0.29) is 10.6 Å². The van der Waals surface area contributed by atoms with Crippen molar-refractivity contribution in [1.82, 2.24) is 0 Å². The van der Waals surface area contributed by atoms with Crippen LogP contribution in [-0.2, 0) is 17.5 Å². The fourth-order valence-electron chi connectivity index (χ4n) is 1.58. The molecule has 0 aliphatic carbocycles. The normalized spacial score (nSPS) is 11.3. The van der Waals surface area contributed by atoms with Gasteiger partial charge in [-0.3, -0.25) is 4.21 Å². The molecule has 0 spiro atoms. The monoisotopic (exact) mass is 293 g/mol. The predicted molar refractivity (Wildman–Crippen MR) is 77.4 cm³/mol. The van der Waals surface area contributed by atoms with Crippen LogP contribution in [0.2, 0.25) is 0 Å². The second-order valence-electron chi connectivity index (χ2n) is 4.12. The van der Waals surface area contributed by atoms with Gasteiger partial charge in [0.1, 0.15) is 11.5 Å². The molecule has 2 aromatic carbocycles. The molecule has 4 nitrogen and oxygen atoms in total. The summed E-state index contributed by atoms with van der Waals surface area (Å²) in [4.78, 5) is -0.220. The van der Waals surface area contributed by atoms with Crippen molar-refractivity contribution in [2.75, 3.05) is 0 Å². The highest BCUT2D eigenvalue weighted by molar-refractivity contribution is 7.79. The molecule has 0 amide bonds. The summed E-state index contributed by atoms with van der Waals surface area (Å²) in [5, 5.41) is 17.7. The number of phenols is 2. The van der Waals surface area contributed by atoms with Crippen molar-refractivity contribution in [3.05, 3.63) is 54.1 Å². The van der Waals surface area contributed by atoms with Gasteiger partial charge in [0, 0.05) is 6.07 Å². The number of hydrogen-bond acceptors (Lipinski definition) is 4.